The van der Waals surface area contributed by atoms with Crippen LogP contribution in [-0.2, 0) is 24.2 Å². The number of likely N-dealkylation sites (tertiary alicyclic amines) is 1. The third-order valence-corrected chi connectivity index (χ3v) is 7.22. The van der Waals surface area contributed by atoms with Gasteiger partial charge in [-0.1, -0.05) is 32.9 Å². The van der Waals surface area contributed by atoms with Crippen LogP contribution in [0.4, 0.5) is 0 Å². The number of hydrogen-bond acceptors (Lipinski definition) is 4. The molecule has 0 bridgehead atoms. The number of piperidine rings is 1. The number of nitrogens with zero attached hydrogens (tertiary/aromatic N) is 2. The summed E-state index contributed by atoms with van der Waals surface area (Å²) in [5, 5.41) is 3.32. The number of ether oxygens (including phenoxy) is 1. The van der Waals surface area contributed by atoms with E-state index in [1.165, 1.54) is 42.4 Å². The number of rotatable bonds is 6. The van der Waals surface area contributed by atoms with Gasteiger partial charge in [0, 0.05) is 23.7 Å². The maximum Gasteiger partial charge on any atom is 0.225 e. The zero-order chi connectivity index (χ0) is 23.4. The molecule has 0 unspecified atom stereocenters. The quantitative estimate of drug-likeness (QED) is 0.668. The Hall–Kier alpha value is -2.40. The van der Waals surface area contributed by atoms with Gasteiger partial charge in [-0.2, -0.15) is 0 Å². The fraction of sp³-hybridized carbons (Fsp3) is 0.571. The van der Waals surface area contributed by atoms with Crippen LogP contribution in [0.5, 0.6) is 5.75 Å². The number of pyridine rings is 1. The largest absolute Gasteiger partial charge is 0.496 e. The molecule has 0 spiro atoms. The second-order valence-corrected chi connectivity index (χ2v) is 10.7. The van der Waals surface area contributed by atoms with Crippen LogP contribution in [0.3, 0.4) is 0 Å². The Balaban J connectivity index is 1.44. The molecule has 0 radical (unpaired) electrons. The van der Waals surface area contributed by atoms with Crippen molar-refractivity contribution in [2.45, 2.75) is 71.9 Å². The van der Waals surface area contributed by atoms with E-state index in [2.05, 4.69) is 27.3 Å². The molecule has 1 amide bonds. The van der Waals surface area contributed by atoms with E-state index in [-0.39, 0.29) is 11.9 Å². The Morgan fingerprint density at radius 3 is 2.45 bits per heavy atom. The van der Waals surface area contributed by atoms with Crippen molar-refractivity contribution in [3.8, 4) is 5.75 Å². The lowest BCUT2D eigenvalue weighted by Gasteiger charge is -2.37. The number of aryl methyl sites for hydroxylation is 2. The van der Waals surface area contributed by atoms with Crippen molar-refractivity contribution >= 4 is 5.91 Å². The highest BCUT2D eigenvalue weighted by atomic mass is 16.5. The number of methoxy groups -OCH3 is 1. The molecule has 33 heavy (non-hydrogen) atoms. The molecule has 1 saturated heterocycles. The monoisotopic (exact) mass is 449 g/mol. The van der Waals surface area contributed by atoms with Gasteiger partial charge in [0.25, 0.3) is 0 Å². The Kier molecular flexibility index (Phi) is 7.38. The first-order valence-electron chi connectivity index (χ1n) is 12.5. The minimum absolute atomic E-state index is 0.0432. The molecule has 1 fully saturated rings. The first kappa shape index (κ1) is 23.7. The van der Waals surface area contributed by atoms with E-state index in [4.69, 9.17) is 4.74 Å². The molecule has 4 rings (SSSR count). The van der Waals surface area contributed by atoms with Crippen molar-refractivity contribution in [2.75, 3.05) is 20.2 Å². The van der Waals surface area contributed by atoms with Crippen molar-refractivity contribution in [1.82, 2.24) is 15.2 Å². The molecule has 1 aliphatic heterocycles. The van der Waals surface area contributed by atoms with Crippen molar-refractivity contribution < 1.29 is 9.53 Å². The van der Waals surface area contributed by atoms with Gasteiger partial charge in [0.2, 0.25) is 5.91 Å². The number of hydrogen-bond donors (Lipinski definition) is 1. The Morgan fingerprint density at radius 2 is 1.85 bits per heavy atom. The van der Waals surface area contributed by atoms with E-state index < -0.39 is 5.41 Å². The summed E-state index contributed by atoms with van der Waals surface area (Å²) in [6, 6.07) is 10.6. The molecule has 5 nitrogen and oxygen atoms in total. The third kappa shape index (κ3) is 5.75. The van der Waals surface area contributed by atoms with Crippen molar-refractivity contribution in [1.29, 1.82) is 0 Å². The molecule has 1 atom stereocenters. The van der Waals surface area contributed by atoms with Crippen LogP contribution in [0, 0.1) is 11.3 Å². The van der Waals surface area contributed by atoms with Crippen molar-refractivity contribution in [3.05, 3.63) is 58.9 Å². The maximum atomic E-state index is 12.8. The topological polar surface area (TPSA) is 54.5 Å². The number of carbonyl (C=O) groups excluding carboxylic acids is 1. The summed E-state index contributed by atoms with van der Waals surface area (Å²) in [6.45, 7) is 8.84. The predicted octanol–water partition coefficient (Wildman–Crippen LogP) is 5.08. The van der Waals surface area contributed by atoms with E-state index in [1.54, 1.807) is 7.11 Å². The average molecular weight is 450 g/mol. The fourth-order valence-corrected chi connectivity index (χ4v) is 5.16. The fourth-order valence-electron chi connectivity index (χ4n) is 5.16. The minimum atomic E-state index is -0.420. The molecule has 5 heteroatoms. The van der Waals surface area contributed by atoms with E-state index in [9.17, 15) is 4.79 Å². The Bertz CT molecular complexity index is 944. The van der Waals surface area contributed by atoms with Crippen LogP contribution >= 0.6 is 0 Å². The van der Waals surface area contributed by atoms with Crippen LogP contribution in [0.25, 0.3) is 0 Å². The SMILES string of the molecule is COc1cc2c(cc1CN1CCC([C@H](NC(=O)C(C)(C)C)c3ccccn3)CC1)CCCC2. The summed E-state index contributed by atoms with van der Waals surface area (Å²) in [7, 11) is 1.79. The van der Waals surface area contributed by atoms with E-state index in [0.29, 0.717) is 5.92 Å². The molecule has 1 aromatic carbocycles. The number of fused-ring (bicyclic) bond motifs is 1. The second kappa shape index (κ2) is 10.3. The molecule has 2 aromatic rings. The van der Waals surface area contributed by atoms with Crippen LogP contribution in [-0.4, -0.2) is 36.0 Å². The molecule has 2 aliphatic rings. The number of benzene rings is 1. The van der Waals surface area contributed by atoms with Crippen molar-refractivity contribution in [2.24, 2.45) is 11.3 Å². The second-order valence-electron chi connectivity index (χ2n) is 10.7. The summed E-state index contributed by atoms with van der Waals surface area (Å²) in [6.07, 6.45) is 8.84. The van der Waals surface area contributed by atoms with Gasteiger partial charge in [0.1, 0.15) is 5.75 Å². The summed E-state index contributed by atoms with van der Waals surface area (Å²) in [4.78, 5) is 19.9. The molecule has 0 saturated carbocycles. The normalized spacial score (nSPS) is 18.4. The number of aromatic nitrogens is 1. The molecule has 1 aromatic heterocycles. The van der Waals surface area contributed by atoms with Gasteiger partial charge in [-0.05, 0) is 86.9 Å². The Labute approximate surface area is 198 Å². The van der Waals surface area contributed by atoms with E-state index >= 15 is 0 Å². The minimum Gasteiger partial charge on any atom is -0.496 e. The Morgan fingerprint density at radius 1 is 1.15 bits per heavy atom. The van der Waals surface area contributed by atoms with Crippen LogP contribution < -0.4 is 10.1 Å². The number of nitrogens with one attached hydrogen (secondary N) is 1. The molecule has 178 valence electrons. The smallest absolute Gasteiger partial charge is 0.225 e. The zero-order valence-electron chi connectivity index (χ0n) is 20.7. The van der Waals surface area contributed by atoms with Crippen molar-refractivity contribution in [3.63, 3.8) is 0 Å². The summed E-state index contributed by atoms with van der Waals surface area (Å²) >= 11 is 0. The highest BCUT2D eigenvalue weighted by Gasteiger charge is 2.32. The molecule has 2 heterocycles. The van der Waals surface area contributed by atoms with E-state index in [0.717, 1.165) is 43.9 Å². The van der Waals surface area contributed by atoms with Gasteiger partial charge in [-0.3, -0.25) is 14.7 Å². The number of carbonyl (C=O) groups is 1. The summed E-state index contributed by atoms with van der Waals surface area (Å²) < 4.78 is 5.76. The highest BCUT2D eigenvalue weighted by Crippen LogP contribution is 2.34. The molecular formula is C28H39N3O2. The first-order chi connectivity index (χ1) is 15.8. The molecule has 1 aliphatic carbocycles. The first-order valence-corrected chi connectivity index (χ1v) is 12.5. The van der Waals surface area contributed by atoms with E-state index in [1.807, 2.05) is 45.2 Å². The van der Waals surface area contributed by atoms with Gasteiger partial charge >= 0.3 is 0 Å². The van der Waals surface area contributed by atoms with Gasteiger partial charge in [-0.25, -0.2) is 0 Å². The van der Waals surface area contributed by atoms with Gasteiger partial charge in [0.05, 0.1) is 18.8 Å². The maximum absolute atomic E-state index is 12.8. The zero-order valence-corrected chi connectivity index (χ0v) is 20.7. The van der Waals surface area contributed by atoms with Crippen LogP contribution in [0.2, 0.25) is 0 Å². The average Bonchev–Trinajstić information content (AvgIpc) is 2.82. The highest BCUT2D eigenvalue weighted by molar-refractivity contribution is 5.81. The molecule has 1 N–H and O–H groups in total. The van der Waals surface area contributed by atoms with Crippen LogP contribution in [0.15, 0.2) is 36.5 Å². The standard InChI is InChI=1S/C28H39N3O2/c1-28(2,3)27(32)30-26(24-11-7-8-14-29-24)20-12-15-31(16-13-20)19-23-17-21-9-5-6-10-22(21)18-25(23)33-4/h7-8,11,14,17-18,20,26H,5-6,9-10,12-13,15-16,19H2,1-4H3,(H,30,32)/t26-/m0/s1. The lowest BCUT2D eigenvalue weighted by molar-refractivity contribution is -0.129. The predicted molar refractivity (Wildman–Crippen MR) is 132 cm³/mol. The lowest BCUT2D eigenvalue weighted by Crippen LogP contribution is -2.44. The van der Waals surface area contributed by atoms with Gasteiger partial charge in [-0.15, -0.1) is 0 Å². The number of amides is 1. The molecular weight excluding hydrogens is 410 g/mol. The van der Waals surface area contributed by atoms with Crippen LogP contribution in [0.1, 0.15) is 74.9 Å². The van der Waals surface area contributed by atoms with Gasteiger partial charge in [0.15, 0.2) is 0 Å². The summed E-state index contributed by atoms with van der Waals surface area (Å²) in [5.41, 5.74) is 4.82. The van der Waals surface area contributed by atoms with Gasteiger partial charge < -0.3 is 10.1 Å². The lowest BCUT2D eigenvalue weighted by atomic mass is 9.85. The summed E-state index contributed by atoms with van der Waals surface area (Å²) in [5.74, 6) is 1.49. The third-order valence-electron chi connectivity index (χ3n) is 7.22.